The molecule has 5 rings (SSSR count). The molecule has 33 heavy (non-hydrogen) atoms. The summed E-state index contributed by atoms with van der Waals surface area (Å²) in [5.41, 5.74) is 3.53. The Kier molecular flexibility index (Phi) is 4.98. The largest absolute Gasteiger partial charge is 0.452 e. The molecule has 0 spiro atoms. The second kappa shape index (κ2) is 7.98. The number of carbonyl (C=O) groups is 2. The van der Waals surface area contributed by atoms with E-state index in [0.717, 1.165) is 16.6 Å². The van der Waals surface area contributed by atoms with Crippen molar-refractivity contribution >= 4 is 34.5 Å². The van der Waals surface area contributed by atoms with Gasteiger partial charge in [-0.3, -0.25) is 4.79 Å². The molecule has 4 aromatic rings. The van der Waals surface area contributed by atoms with E-state index in [2.05, 4.69) is 0 Å². The standard InChI is InChI=1S/C27H21NO5/c1-16-21(33-27(30)24-15-18-6-4-5-7-22(18)31-24)13-12-20-25(29)23(32-26(16)20)14-17-8-10-19(11-9-17)28(2)3/h4-15H,1-3H3/b23-14-. The number of nitrogens with zero attached hydrogens (tertiary/aromatic N) is 1. The molecule has 0 saturated carbocycles. The molecule has 0 atom stereocenters. The second-order valence-electron chi connectivity index (χ2n) is 8.03. The Labute approximate surface area is 190 Å². The van der Waals surface area contributed by atoms with Crippen molar-refractivity contribution in [2.75, 3.05) is 19.0 Å². The monoisotopic (exact) mass is 439 g/mol. The lowest BCUT2D eigenvalue weighted by Crippen LogP contribution is -2.08. The van der Waals surface area contributed by atoms with Crippen LogP contribution in [-0.4, -0.2) is 25.8 Å². The number of hydrogen-bond acceptors (Lipinski definition) is 6. The zero-order valence-electron chi connectivity index (χ0n) is 18.4. The summed E-state index contributed by atoms with van der Waals surface area (Å²) < 4.78 is 17.0. The quantitative estimate of drug-likeness (QED) is 0.233. The summed E-state index contributed by atoms with van der Waals surface area (Å²) in [7, 11) is 3.93. The number of ketones is 1. The highest BCUT2D eigenvalue weighted by Crippen LogP contribution is 2.39. The van der Waals surface area contributed by atoms with E-state index in [-0.39, 0.29) is 17.3 Å². The first-order valence-corrected chi connectivity index (χ1v) is 10.5. The predicted molar refractivity (Wildman–Crippen MR) is 126 cm³/mol. The van der Waals surface area contributed by atoms with Crippen molar-refractivity contribution in [3.63, 3.8) is 0 Å². The topological polar surface area (TPSA) is 69.0 Å². The third kappa shape index (κ3) is 3.76. The highest BCUT2D eigenvalue weighted by Gasteiger charge is 2.31. The van der Waals surface area contributed by atoms with Crippen molar-refractivity contribution in [2.24, 2.45) is 0 Å². The number of ether oxygens (including phenoxy) is 2. The van der Waals surface area contributed by atoms with Crippen LogP contribution in [0.2, 0.25) is 0 Å². The molecule has 0 fully saturated rings. The lowest BCUT2D eigenvalue weighted by Gasteiger charge is -2.12. The van der Waals surface area contributed by atoms with Gasteiger partial charge in [-0.2, -0.15) is 0 Å². The molecule has 1 aliphatic heterocycles. The summed E-state index contributed by atoms with van der Waals surface area (Å²) in [5.74, 6) is 0.214. The summed E-state index contributed by atoms with van der Waals surface area (Å²) in [6, 6.07) is 20.0. The van der Waals surface area contributed by atoms with E-state index >= 15 is 0 Å². The molecule has 0 saturated heterocycles. The minimum atomic E-state index is -0.615. The summed E-state index contributed by atoms with van der Waals surface area (Å²) in [6.07, 6.45) is 1.71. The smallest absolute Gasteiger partial charge is 0.379 e. The molecule has 1 aromatic heterocycles. The number of fused-ring (bicyclic) bond motifs is 2. The molecule has 6 nitrogen and oxygen atoms in total. The molecule has 164 valence electrons. The first kappa shape index (κ1) is 20.6. The molecule has 0 bridgehead atoms. The fourth-order valence-corrected chi connectivity index (χ4v) is 3.73. The maximum atomic E-state index is 12.9. The van der Waals surface area contributed by atoms with Crippen molar-refractivity contribution < 1.29 is 23.5 Å². The summed E-state index contributed by atoms with van der Waals surface area (Å²) in [6.45, 7) is 1.75. The molecule has 3 aromatic carbocycles. The summed E-state index contributed by atoms with van der Waals surface area (Å²) >= 11 is 0. The molecule has 0 radical (unpaired) electrons. The highest BCUT2D eigenvalue weighted by atomic mass is 16.5. The predicted octanol–water partition coefficient (Wildman–Crippen LogP) is 5.64. The number of furan rings is 1. The molecular formula is C27H21NO5. The van der Waals surface area contributed by atoms with Gasteiger partial charge in [-0.05, 0) is 55.0 Å². The van der Waals surface area contributed by atoms with E-state index in [1.54, 1.807) is 37.3 Å². The van der Waals surface area contributed by atoms with Crippen molar-refractivity contribution in [1.29, 1.82) is 0 Å². The van der Waals surface area contributed by atoms with Gasteiger partial charge in [0.1, 0.15) is 17.1 Å². The number of para-hydroxylation sites is 1. The molecule has 0 amide bonds. The fourth-order valence-electron chi connectivity index (χ4n) is 3.73. The summed E-state index contributed by atoms with van der Waals surface area (Å²) in [5, 5.41) is 0.817. The number of esters is 1. The van der Waals surface area contributed by atoms with E-state index in [1.165, 1.54) is 0 Å². The number of anilines is 1. The Balaban J connectivity index is 1.39. The Bertz CT molecular complexity index is 1390. The molecule has 0 unspecified atom stereocenters. The van der Waals surface area contributed by atoms with Gasteiger partial charge in [-0.25, -0.2) is 4.79 Å². The van der Waals surface area contributed by atoms with Crippen molar-refractivity contribution in [3.05, 3.63) is 94.9 Å². The number of rotatable bonds is 4. The first-order chi connectivity index (χ1) is 15.9. The third-order valence-corrected chi connectivity index (χ3v) is 5.57. The van der Waals surface area contributed by atoms with E-state index in [1.807, 2.05) is 61.5 Å². The maximum Gasteiger partial charge on any atom is 0.379 e. The van der Waals surface area contributed by atoms with E-state index < -0.39 is 5.97 Å². The molecule has 0 N–H and O–H groups in total. The average molecular weight is 439 g/mol. The zero-order chi connectivity index (χ0) is 23.1. The van der Waals surface area contributed by atoms with Crippen LogP contribution in [0.5, 0.6) is 11.5 Å². The van der Waals surface area contributed by atoms with Crippen LogP contribution in [0.25, 0.3) is 17.0 Å². The fraction of sp³-hybridized carbons (Fsp3) is 0.111. The molecular weight excluding hydrogens is 418 g/mol. The number of Topliss-reactive ketones (excluding diaryl/α,β-unsaturated/α-hetero) is 1. The average Bonchev–Trinajstić information content (AvgIpc) is 3.38. The van der Waals surface area contributed by atoms with Gasteiger partial charge in [0.05, 0.1) is 5.56 Å². The van der Waals surface area contributed by atoms with E-state index in [9.17, 15) is 9.59 Å². The molecule has 0 aliphatic carbocycles. The van der Waals surface area contributed by atoms with Gasteiger partial charge in [-0.15, -0.1) is 0 Å². The lowest BCUT2D eigenvalue weighted by atomic mass is 10.1. The molecule has 2 heterocycles. The number of hydrogen-bond donors (Lipinski definition) is 0. The summed E-state index contributed by atoms with van der Waals surface area (Å²) in [4.78, 5) is 27.5. The van der Waals surface area contributed by atoms with Crippen LogP contribution in [0.1, 0.15) is 32.0 Å². The normalized spacial score (nSPS) is 13.8. The van der Waals surface area contributed by atoms with Gasteiger partial charge >= 0.3 is 5.97 Å². The van der Waals surface area contributed by atoms with Crippen LogP contribution in [0, 0.1) is 6.92 Å². The van der Waals surface area contributed by atoms with E-state index in [0.29, 0.717) is 28.2 Å². The number of benzene rings is 3. The minimum Gasteiger partial charge on any atom is -0.452 e. The maximum absolute atomic E-state index is 12.9. The number of carbonyl (C=O) groups excluding carboxylic acids is 2. The highest BCUT2D eigenvalue weighted by molar-refractivity contribution is 6.15. The van der Waals surface area contributed by atoms with Gasteiger partial charge in [0.15, 0.2) is 5.76 Å². The SMILES string of the molecule is Cc1c(OC(=O)c2cc3ccccc3o2)ccc2c1O/C(=C\c1ccc(N(C)C)cc1)C2=O. The Morgan fingerprint density at radius 2 is 1.76 bits per heavy atom. The second-order valence-corrected chi connectivity index (χ2v) is 8.03. The van der Waals surface area contributed by atoms with Crippen LogP contribution in [0.4, 0.5) is 5.69 Å². The van der Waals surface area contributed by atoms with E-state index in [4.69, 9.17) is 13.9 Å². The van der Waals surface area contributed by atoms with Gasteiger partial charge < -0.3 is 18.8 Å². The lowest BCUT2D eigenvalue weighted by molar-refractivity contribution is 0.0702. The van der Waals surface area contributed by atoms with Gasteiger partial charge in [0, 0.05) is 30.7 Å². The zero-order valence-corrected chi connectivity index (χ0v) is 18.4. The van der Waals surface area contributed by atoms with Crippen LogP contribution >= 0.6 is 0 Å². The first-order valence-electron chi connectivity index (χ1n) is 10.5. The van der Waals surface area contributed by atoms with Crippen molar-refractivity contribution in [3.8, 4) is 11.5 Å². The molecule has 6 heteroatoms. The van der Waals surface area contributed by atoms with Gasteiger partial charge in [0.2, 0.25) is 11.5 Å². The Hall–Kier alpha value is -4.32. The third-order valence-electron chi connectivity index (χ3n) is 5.57. The van der Waals surface area contributed by atoms with Crippen LogP contribution in [-0.2, 0) is 0 Å². The van der Waals surface area contributed by atoms with Gasteiger partial charge in [-0.1, -0.05) is 30.3 Å². The van der Waals surface area contributed by atoms with Crippen LogP contribution in [0.15, 0.2) is 76.9 Å². The molecule has 1 aliphatic rings. The van der Waals surface area contributed by atoms with Gasteiger partial charge in [0.25, 0.3) is 0 Å². The Morgan fingerprint density at radius 3 is 2.48 bits per heavy atom. The van der Waals surface area contributed by atoms with Crippen LogP contribution in [0.3, 0.4) is 0 Å². The van der Waals surface area contributed by atoms with Crippen LogP contribution < -0.4 is 14.4 Å². The van der Waals surface area contributed by atoms with Crippen molar-refractivity contribution in [2.45, 2.75) is 6.92 Å². The minimum absolute atomic E-state index is 0.106. The van der Waals surface area contributed by atoms with Crippen molar-refractivity contribution in [1.82, 2.24) is 0 Å². The Morgan fingerprint density at radius 1 is 1.00 bits per heavy atom. The number of allylic oxidation sites excluding steroid dienone is 1.